The molecule has 9 nitrogen and oxygen atoms in total. The van der Waals surface area contributed by atoms with Crippen LogP contribution in [0.3, 0.4) is 0 Å². The van der Waals surface area contributed by atoms with Gasteiger partial charge in [-0.05, 0) is 35.1 Å². The van der Waals surface area contributed by atoms with E-state index in [0.29, 0.717) is 19.5 Å². The van der Waals surface area contributed by atoms with E-state index in [1.54, 1.807) is 0 Å². The highest BCUT2D eigenvalue weighted by Crippen LogP contribution is 2.38. The van der Waals surface area contributed by atoms with Gasteiger partial charge < -0.3 is 25.2 Å². The van der Waals surface area contributed by atoms with Gasteiger partial charge >= 0.3 is 0 Å². The summed E-state index contributed by atoms with van der Waals surface area (Å²) >= 11 is 0. The predicted octanol–water partition coefficient (Wildman–Crippen LogP) is 4.85. The van der Waals surface area contributed by atoms with E-state index in [9.17, 15) is 14.7 Å². The third kappa shape index (κ3) is 11.3. The molecule has 0 aliphatic carbocycles. The molecule has 2 saturated heterocycles. The van der Waals surface area contributed by atoms with Gasteiger partial charge in [0.05, 0.1) is 18.8 Å². The fourth-order valence-corrected chi connectivity index (χ4v) is 6.23. The van der Waals surface area contributed by atoms with Gasteiger partial charge in [-0.2, -0.15) is 0 Å². The summed E-state index contributed by atoms with van der Waals surface area (Å²) in [5.41, 5.74) is 5.29. The predicted molar refractivity (Wildman–Crippen MR) is 182 cm³/mol. The summed E-state index contributed by atoms with van der Waals surface area (Å²) in [6.45, 7) is 8.56. The molecular formula is C38H50N4O5. The van der Waals surface area contributed by atoms with Gasteiger partial charge in [-0.3, -0.25) is 19.4 Å². The fourth-order valence-electron chi connectivity index (χ4n) is 6.23. The van der Waals surface area contributed by atoms with Crippen LogP contribution in [0.4, 0.5) is 0 Å². The van der Waals surface area contributed by atoms with E-state index in [-0.39, 0.29) is 30.6 Å². The van der Waals surface area contributed by atoms with Crippen molar-refractivity contribution in [2.45, 2.75) is 77.2 Å². The van der Waals surface area contributed by atoms with Crippen molar-refractivity contribution in [1.82, 2.24) is 20.4 Å². The molecule has 9 heteroatoms. The van der Waals surface area contributed by atoms with Crippen LogP contribution in [-0.2, 0) is 38.8 Å². The Balaban J connectivity index is 1.14. The zero-order valence-electron chi connectivity index (χ0n) is 27.6. The molecule has 0 unspecified atom stereocenters. The van der Waals surface area contributed by atoms with Crippen molar-refractivity contribution in [1.29, 1.82) is 0 Å². The Hall–Kier alpha value is -3.60. The molecule has 0 bridgehead atoms. The van der Waals surface area contributed by atoms with Crippen molar-refractivity contribution in [3.63, 3.8) is 0 Å². The Morgan fingerprint density at radius 1 is 0.766 bits per heavy atom. The van der Waals surface area contributed by atoms with E-state index >= 15 is 0 Å². The second kappa shape index (κ2) is 18.1. The number of rotatable bonds is 15. The largest absolute Gasteiger partial charge is 0.392 e. The van der Waals surface area contributed by atoms with E-state index in [0.717, 1.165) is 87.2 Å². The topological polar surface area (TPSA) is 103 Å². The molecule has 252 valence electrons. The minimum absolute atomic E-state index is 0.00847. The third-order valence-electron chi connectivity index (χ3n) is 8.99. The molecule has 0 radical (unpaired) electrons. The summed E-state index contributed by atoms with van der Waals surface area (Å²) < 4.78 is 13.2. The summed E-state index contributed by atoms with van der Waals surface area (Å²) in [6, 6.07) is 26.8. The lowest BCUT2D eigenvalue weighted by molar-refractivity contribution is -0.253. The van der Waals surface area contributed by atoms with Crippen LogP contribution in [0.15, 0.2) is 78.9 Å². The van der Waals surface area contributed by atoms with Crippen molar-refractivity contribution >= 4 is 11.8 Å². The maximum absolute atomic E-state index is 12.3. The zero-order chi connectivity index (χ0) is 32.8. The van der Waals surface area contributed by atoms with Crippen LogP contribution in [0.2, 0.25) is 0 Å². The average molecular weight is 643 g/mol. The smallest absolute Gasteiger partial charge is 0.220 e. The van der Waals surface area contributed by atoms with Gasteiger partial charge in [-0.15, -0.1) is 0 Å². The first-order valence-electron chi connectivity index (χ1n) is 17.0. The van der Waals surface area contributed by atoms with Crippen LogP contribution in [0.1, 0.15) is 79.2 Å². The molecule has 47 heavy (non-hydrogen) atoms. The normalized spacial score (nSPS) is 20.5. The molecule has 2 heterocycles. The maximum Gasteiger partial charge on any atom is 0.220 e. The quantitative estimate of drug-likeness (QED) is 0.204. The monoisotopic (exact) mass is 642 g/mol. The van der Waals surface area contributed by atoms with Crippen LogP contribution in [0.5, 0.6) is 0 Å². The standard InChI is InChI=1S/C38H50N4O5/c1-29(44)39-19-7-3-6-10-37(45)40-25-30-11-17-34(18-12-30)38-46-35(24-36(47-38)33-15-13-32(28-43)14-16-33)27-42-22-20-41(21-23-42)26-31-8-4-2-5-9-31/h2,4-5,8-9,11-18,35-36,38,43H,3,6-7,10,19-28H2,1H3,(H,39,44)(H,40,45)/t35-,36+,38+/m0/s1. The molecule has 5 rings (SSSR count). The fraction of sp³-hybridized carbons (Fsp3) is 0.474. The molecule has 0 spiro atoms. The molecule has 0 aromatic heterocycles. The SMILES string of the molecule is CC(=O)NCCCCCC(=O)NCc1ccc([C@@H]2O[C@H](CN3CCN(Cc4ccccc4)CC3)C[C@H](c3ccc(CO)cc3)O2)cc1. The second-order valence-corrected chi connectivity index (χ2v) is 12.7. The maximum atomic E-state index is 12.3. The van der Waals surface area contributed by atoms with Gasteiger partial charge in [-0.1, -0.05) is 85.3 Å². The Kier molecular flexibility index (Phi) is 13.4. The molecule has 3 atom stereocenters. The molecule has 0 saturated carbocycles. The van der Waals surface area contributed by atoms with E-state index < -0.39 is 6.29 Å². The van der Waals surface area contributed by atoms with E-state index in [1.807, 2.05) is 48.5 Å². The number of carbonyl (C=O) groups is 2. The highest BCUT2D eigenvalue weighted by molar-refractivity contribution is 5.75. The third-order valence-corrected chi connectivity index (χ3v) is 8.99. The number of unbranched alkanes of at least 4 members (excludes halogenated alkanes) is 2. The van der Waals surface area contributed by atoms with Crippen molar-refractivity contribution in [3.8, 4) is 0 Å². The lowest BCUT2D eigenvalue weighted by Gasteiger charge is -2.40. The average Bonchev–Trinajstić information content (AvgIpc) is 3.10. The lowest BCUT2D eigenvalue weighted by Crippen LogP contribution is -2.49. The van der Waals surface area contributed by atoms with Crippen LogP contribution in [0, 0.1) is 0 Å². The number of nitrogens with one attached hydrogen (secondary N) is 2. The molecule has 3 aromatic rings. The van der Waals surface area contributed by atoms with Crippen molar-refractivity contribution in [2.24, 2.45) is 0 Å². The second-order valence-electron chi connectivity index (χ2n) is 12.7. The summed E-state index contributed by atoms with van der Waals surface area (Å²) in [4.78, 5) is 28.3. The zero-order valence-corrected chi connectivity index (χ0v) is 27.6. The molecule has 2 fully saturated rings. The molecule has 2 aliphatic heterocycles. The van der Waals surface area contributed by atoms with Gasteiger partial charge in [0.15, 0.2) is 6.29 Å². The van der Waals surface area contributed by atoms with E-state index in [4.69, 9.17) is 9.47 Å². The minimum Gasteiger partial charge on any atom is -0.392 e. The van der Waals surface area contributed by atoms with Crippen LogP contribution in [-0.4, -0.2) is 72.1 Å². The highest BCUT2D eigenvalue weighted by Gasteiger charge is 2.33. The molecule has 2 aliphatic rings. The number of hydrogen-bond acceptors (Lipinski definition) is 7. The molecule has 3 aromatic carbocycles. The van der Waals surface area contributed by atoms with E-state index in [1.165, 1.54) is 12.5 Å². The summed E-state index contributed by atoms with van der Waals surface area (Å²) in [6.07, 6.45) is 3.20. The Morgan fingerprint density at radius 2 is 1.45 bits per heavy atom. The van der Waals surface area contributed by atoms with Gasteiger partial charge in [0.2, 0.25) is 11.8 Å². The first kappa shape index (κ1) is 34.7. The molecule has 3 N–H and O–H groups in total. The number of nitrogens with zero attached hydrogens (tertiary/aromatic N) is 2. The summed E-state index contributed by atoms with van der Waals surface area (Å²) in [5, 5.41) is 15.3. The van der Waals surface area contributed by atoms with Crippen LogP contribution >= 0.6 is 0 Å². The Morgan fingerprint density at radius 3 is 2.15 bits per heavy atom. The first-order valence-corrected chi connectivity index (χ1v) is 17.0. The van der Waals surface area contributed by atoms with Gasteiger partial charge in [-0.25, -0.2) is 0 Å². The number of carbonyl (C=O) groups excluding carboxylic acids is 2. The number of amides is 2. The van der Waals surface area contributed by atoms with Gasteiger partial charge in [0, 0.05) is 77.7 Å². The summed E-state index contributed by atoms with van der Waals surface area (Å²) in [7, 11) is 0. The van der Waals surface area contributed by atoms with Gasteiger partial charge in [0.25, 0.3) is 0 Å². The van der Waals surface area contributed by atoms with Crippen molar-refractivity contribution in [2.75, 3.05) is 39.3 Å². The Bertz CT molecular complexity index is 1380. The molecular weight excluding hydrogens is 592 g/mol. The van der Waals surface area contributed by atoms with Crippen LogP contribution < -0.4 is 10.6 Å². The van der Waals surface area contributed by atoms with E-state index in [2.05, 4.69) is 50.8 Å². The lowest BCUT2D eigenvalue weighted by atomic mass is 9.99. The first-order chi connectivity index (χ1) is 22.9. The van der Waals surface area contributed by atoms with Crippen molar-refractivity contribution in [3.05, 3.63) is 107 Å². The number of benzene rings is 3. The number of aliphatic hydroxyl groups excluding tert-OH is 1. The highest BCUT2D eigenvalue weighted by atomic mass is 16.7. The summed E-state index contributed by atoms with van der Waals surface area (Å²) in [5.74, 6) is 0.0128. The molecule has 2 amide bonds. The van der Waals surface area contributed by atoms with Crippen molar-refractivity contribution < 1.29 is 24.2 Å². The number of piperazine rings is 1. The van der Waals surface area contributed by atoms with Crippen LogP contribution in [0.25, 0.3) is 0 Å². The Labute approximate surface area is 279 Å². The number of ether oxygens (including phenoxy) is 2. The number of aliphatic hydroxyl groups is 1. The minimum atomic E-state index is -0.503. The number of hydrogen-bond donors (Lipinski definition) is 3. The van der Waals surface area contributed by atoms with Gasteiger partial charge in [0.1, 0.15) is 0 Å².